The Bertz CT molecular complexity index is 3340. The molecule has 4 nitrogen and oxygen atoms in total. The third-order valence-electron chi connectivity index (χ3n) is 13.6. The van der Waals surface area contributed by atoms with Gasteiger partial charge in [0.1, 0.15) is 23.0 Å². The fourth-order valence-corrected chi connectivity index (χ4v) is 15.8. The molecule has 0 saturated carbocycles. The minimum atomic E-state index is -3.56. The minimum absolute atomic E-state index is 0.658. The van der Waals surface area contributed by atoms with Gasteiger partial charge in [0.15, 0.2) is 14.3 Å². The maximum absolute atomic E-state index is 16.6. The summed E-state index contributed by atoms with van der Waals surface area (Å²) in [5.74, 6) is 2.83. The van der Waals surface area contributed by atoms with Crippen molar-refractivity contribution in [1.29, 1.82) is 0 Å². The molecule has 2 atom stereocenters. The summed E-state index contributed by atoms with van der Waals surface area (Å²) in [5.41, 5.74) is 6.68. The molecule has 0 aromatic heterocycles. The van der Waals surface area contributed by atoms with E-state index in [1.54, 1.807) is 0 Å². The first kappa shape index (κ1) is 41.0. The average Bonchev–Trinajstić information content (AvgIpc) is 3.41. The lowest BCUT2D eigenvalue weighted by atomic mass is 9.61. The largest absolute Gasteiger partial charge is 0.457 e. The van der Waals surface area contributed by atoms with Crippen LogP contribution in [0.3, 0.4) is 0 Å². The summed E-state index contributed by atoms with van der Waals surface area (Å²) < 4.78 is 47.1. The molecule has 6 heteroatoms. The van der Waals surface area contributed by atoms with Gasteiger partial charge in [-0.3, -0.25) is 0 Å². The molecular weight excluding hydrogens is 859 g/mol. The number of ether oxygens (including phenoxy) is 2. The van der Waals surface area contributed by atoms with Crippen LogP contribution in [0.25, 0.3) is 22.3 Å². The van der Waals surface area contributed by atoms with Gasteiger partial charge in [-0.05, 0) is 95.8 Å². The molecule has 9 aromatic rings. The fourth-order valence-electron chi connectivity index (χ4n) is 10.4. The summed E-state index contributed by atoms with van der Waals surface area (Å²) in [4.78, 5) is 0. The van der Waals surface area contributed by atoms with Crippen LogP contribution in [0.2, 0.25) is 0 Å². The molecule has 0 saturated heterocycles. The molecule has 12 rings (SSSR count). The van der Waals surface area contributed by atoms with E-state index in [0.29, 0.717) is 22.1 Å². The average molecular weight is 903 g/mol. The molecule has 0 N–H and O–H groups in total. The molecule has 2 heterocycles. The molecule has 0 fully saturated rings. The zero-order chi connectivity index (χ0) is 45.0. The minimum Gasteiger partial charge on any atom is -0.457 e. The van der Waals surface area contributed by atoms with Gasteiger partial charge >= 0.3 is 0 Å². The Kier molecular flexibility index (Phi) is 10.1. The van der Waals surface area contributed by atoms with Crippen LogP contribution >= 0.6 is 14.3 Å². The summed E-state index contributed by atoms with van der Waals surface area (Å²) >= 11 is 0. The van der Waals surface area contributed by atoms with Gasteiger partial charge in [-0.25, -0.2) is 0 Å². The van der Waals surface area contributed by atoms with E-state index in [1.165, 1.54) is 0 Å². The van der Waals surface area contributed by atoms with Crippen molar-refractivity contribution >= 4 is 46.1 Å². The second-order valence-electron chi connectivity index (χ2n) is 17.3. The van der Waals surface area contributed by atoms with E-state index in [9.17, 15) is 0 Å². The fraction of sp³-hybridized carbons (Fsp3) is 0.0492. The molecule has 0 radical (unpaired) electrons. The van der Waals surface area contributed by atoms with E-state index in [0.717, 1.165) is 90.1 Å². The van der Waals surface area contributed by atoms with Crippen molar-refractivity contribution < 1.29 is 18.6 Å². The van der Waals surface area contributed by atoms with Crippen molar-refractivity contribution in [1.82, 2.24) is 0 Å². The Morgan fingerprint density at radius 1 is 0.328 bits per heavy atom. The van der Waals surface area contributed by atoms with E-state index in [1.807, 2.05) is 158 Å². The molecule has 0 amide bonds. The summed E-state index contributed by atoms with van der Waals surface area (Å²) in [7, 11) is -7.11. The van der Waals surface area contributed by atoms with Crippen LogP contribution in [-0.4, -0.2) is 0 Å². The predicted molar refractivity (Wildman–Crippen MR) is 275 cm³/mol. The van der Waals surface area contributed by atoms with Gasteiger partial charge in [-0.15, -0.1) is 0 Å². The van der Waals surface area contributed by atoms with E-state index >= 15 is 9.13 Å². The Hall–Kier alpha value is -7.48. The lowest BCUT2D eigenvalue weighted by Gasteiger charge is -2.47. The van der Waals surface area contributed by atoms with Gasteiger partial charge in [0, 0.05) is 54.1 Å². The molecule has 0 bridgehead atoms. The molecular formula is C61H44O4P2. The van der Waals surface area contributed by atoms with Crippen molar-refractivity contribution in [2.45, 2.75) is 18.3 Å². The third kappa shape index (κ3) is 6.58. The number of para-hydroxylation sites is 1. The quantitative estimate of drug-likeness (QED) is 0.143. The number of hydrogen-bond acceptors (Lipinski definition) is 4. The topological polar surface area (TPSA) is 52.6 Å². The van der Waals surface area contributed by atoms with E-state index in [4.69, 9.17) is 9.47 Å². The first-order chi connectivity index (χ1) is 33.0. The molecule has 2 unspecified atom stereocenters. The molecule has 1 spiro atoms. The van der Waals surface area contributed by atoms with E-state index < -0.39 is 19.7 Å². The summed E-state index contributed by atoms with van der Waals surface area (Å²) in [6.07, 6.45) is 6.11. The van der Waals surface area contributed by atoms with E-state index in [2.05, 4.69) is 84.9 Å². The highest BCUT2D eigenvalue weighted by molar-refractivity contribution is 7.85. The van der Waals surface area contributed by atoms with Gasteiger partial charge in [0.2, 0.25) is 0 Å². The number of fused-ring (bicyclic) bond motifs is 8. The second kappa shape index (κ2) is 16.4. The van der Waals surface area contributed by atoms with Gasteiger partial charge in [-0.2, -0.15) is 0 Å². The van der Waals surface area contributed by atoms with Crippen LogP contribution < -0.4 is 41.3 Å². The molecule has 9 aromatic carbocycles. The number of allylic oxidation sites excluding steroid dienone is 3. The van der Waals surface area contributed by atoms with Gasteiger partial charge < -0.3 is 18.6 Å². The normalized spacial score (nSPS) is 17.4. The van der Waals surface area contributed by atoms with Crippen LogP contribution in [-0.2, 0) is 14.5 Å². The number of rotatable bonds is 8. The third-order valence-corrected chi connectivity index (χ3v) is 19.7. The second-order valence-corrected chi connectivity index (χ2v) is 22.8. The van der Waals surface area contributed by atoms with Crippen LogP contribution in [0.5, 0.6) is 17.2 Å². The van der Waals surface area contributed by atoms with E-state index in [-0.39, 0.29) is 0 Å². The van der Waals surface area contributed by atoms with Crippen molar-refractivity contribution in [3.05, 3.63) is 271 Å². The van der Waals surface area contributed by atoms with Crippen LogP contribution in [0.15, 0.2) is 254 Å². The molecule has 1 aliphatic carbocycles. The van der Waals surface area contributed by atoms with Gasteiger partial charge in [-0.1, -0.05) is 182 Å². The molecule has 3 aliphatic rings. The lowest BCUT2D eigenvalue weighted by molar-refractivity contribution is 0.363. The van der Waals surface area contributed by atoms with Gasteiger partial charge in [0.25, 0.3) is 0 Å². The zero-order valence-electron chi connectivity index (χ0n) is 36.5. The Balaban J connectivity index is 1.13. The molecule has 67 heavy (non-hydrogen) atoms. The number of benzene rings is 9. The SMILES string of the molecule is O=P(c1ccccc1)(c1cccc(-c2ccccc2)c1)c1ccc2c(c1)C1(C3=CCCC=C3Oc3ccccc31)c1cc(P(=O)(c3ccccc3)c3cccc(-c4ccccc4)c3)ccc1O2. The molecule has 322 valence electrons. The van der Waals surface area contributed by atoms with Crippen molar-refractivity contribution in [3.8, 4) is 39.5 Å². The highest BCUT2D eigenvalue weighted by atomic mass is 31.2. The standard InChI is InChI=1S/C61H44O4P2/c62-66(47-25-9-3-10-26-47,49-29-17-23-45(39-49)43-19-5-1-6-20-43)51-35-37-59-55(41-51)61(53-31-13-15-33-57(53)64-58-34-16-14-32-54(58)61)56-42-52(36-38-60(56)65-59)67(63,48-27-11-4-12-28-48)50-30-18-24-46(40-50)44-21-7-2-8-22-44/h1-13,15,17-42H,14,16H2. The number of hydrogen-bond donors (Lipinski definition) is 0. The van der Waals surface area contributed by atoms with Crippen LogP contribution in [0, 0.1) is 0 Å². The Morgan fingerprint density at radius 2 is 0.731 bits per heavy atom. The first-order valence-corrected chi connectivity index (χ1v) is 26.2. The van der Waals surface area contributed by atoms with Crippen molar-refractivity contribution in [2.24, 2.45) is 0 Å². The monoisotopic (exact) mass is 902 g/mol. The predicted octanol–water partition coefficient (Wildman–Crippen LogP) is 12.7. The summed E-state index contributed by atoms with van der Waals surface area (Å²) in [6, 6.07) is 76.9. The first-order valence-electron chi connectivity index (χ1n) is 22.8. The molecule has 2 aliphatic heterocycles. The van der Waals surface area contributed by atoms with Gasteiger partial charge in [0.05, 0.1) is 5.41 Å². The highest BCUT2D eigenvalue weighted by Crippen LogP contribution is 2.62. The maximum Gasteiger partial charge on any atom is 0.171 e. The van der Waals surface area contributed by atoms with Crippen molar-refractivity contribution in [2.75, 3.05) is 0 Å². The Morgan fingerprint density at radius 3 is 1.25 bits per heavy atom. The lowest BCUT2D eigenvalue weighted by Crippen LogP contribution is -2.41. The smallest absolute Gasteiger partial charge is 0.171 e. The zero-order valence-corrected chi connectivity index (χ0v) is 38.3. The highest BCUT2D eigenvalue weighted by Gasteiger charge is 2.53. The maximum atomic E-state index is 16.6. The van der Waals surface area contributed by atoms with Crippen molar-refractivity contribution in [3.63, 3.8) is 0 Å². The van der Waals surface area contributed by atoms with Crippen LogP contribution in [0.1, 0.15) is 29.5 Å². The summed E-state index contributed by atoms with van der Waals surface area (Å²) in [5, 5.41) is 4.31. The Labute approximate surface area is 391 Å². The van der Waals surface area contributed by atoms with Crippen LogP contribution in [0.4, 0.5) is 0 Å². The summed E-state index contributed by atoms with van der Waals surface area (Å²) in [6.45, 7) is 0.